The summed E-state index contributed by atoms with van der Waals surface area (Å²) in [7, 11) is 0. The molecule has 0 radical (unpaired) electrons. The summed E-state index contributed by atoms with van der Waals surface area (Å²) in [6.07, 6.45) is 5.14. The zero-order valence-electron chi connectivity index (χ0n) is 10.1. The molecule has 0 aliphatic carbocycles. The minimum absolute atomic E-state index is 0.473. The van der Waals surface area contributed by atoms with Crippen LogP contribution in [0.2, 0.25) is 0 Å². The largest absolute Gasteiger partial charge is 0.297 e. The first-order valence-electron chi connectivity index (χ1n) is 6.34. The van der Waals surface area contributed by atoms with Crippen LogP contribution >= 0.6 is 11.6 Å². The van der Waals surface area contributed by atoms with Crippen LogP contribution in [0.4, 0.5) is 0 Å². The van der Waals surface area contributed by atoms with Gasteiger partial charge in [0.25, 0.3) is 0 Å². The van der Waals surface area contributed by atoms with Gasteiger partial charge in [-0.25, -0.2) is 0 Å². The van der Waals surface area contributed by atoms with Crippen molar-refractivity contribution >= 4 is 17.3 Å². The maximum Gasteiger partial charge on any atom is 0.0825 e. The van der Waals surface area contributed by atoms with Gasteiger partial charge in [-0.3, -0.25) is 5.01 Å². The molecule has 0 unspecified atom stereocenters. The molecule has 0 atom stereocenters. The molecular formula is C14H19ClN2. The van der Waals surface area contributed by atoms with Crippen molar-refractivity contribution in [1.82, 2.24) is 5.01 Å². The van der Waals surface area contributed by atoms with Crippen molar-refractivity contribution < 1.29 is 0 Å². The molecule has 2 nitrogen and oxygen atoms in total. The molecule has 1 saturated heterocycles. The smallest absolute Gasteiger partial charge is 0.0825 e. The van der Waals surface area contributed by atoms with Crippen LogP contribution in [-0.2, 0) is 0 Å². The third-order valence-corrected chi connectivity index (χ3v) is 3.33. The van der Waals surface area contributed by atoms with Crippen molar-refractivity contribution in [3.8, 4) is 0 Å². The second kappa shape index (κ2) is 6.65. The van der Waals surface area contributed by atoms with Crippen LogP contribution in [0.25, 0.3) is 0 Å². The maximum atomic E-state index is 6.00. The Balaban J connectivity index is 2.11. The van der Waals surface area contributed by atoms with Crippen molar-refractivity contribution in [2.45, 2.75) is 25.7 Å². The van der Waals surface area contributed by atoms with E-state index in [0.717, 1.165) is 24.4 Å². The summed E-state index contributed by atoms with van der Waals surface area (Å²) >= 11 is 6.00. The van der Waals surface area contributed by atoms with Crippen molar-refractivity contribution in [2.24, 2.45) is 5.10 Å². The molecule has 1 fully saturated rings. The van der Waals surface area contributed by atoms with Gasteiger partial charge >= 0.3 is 0 Å². The fourth-order valence-corrected chi connectivity index (χ4v) is 2.32. The Morgan fingerprint density at radius 1 is 1.06 bits per heavy atom. The highest BCUT2D eigenvalue weighted by molar-refractivity contribution is 6.31. The summed E-state index contributed by atoms with van der Waals surface area (Å²) in [5, 5.41) is 6.88. The Morgan fingerprint density at radius 3 is 2.29 bits per heavy atom. The van der Waals surface area contributed by atoms with Crippen LogP contribution in [-0.4, -0.2) is 29.7 Å². The number of benzene rings is 1. The zero-order chi connectivity index (χ0) is 11.9. The highest BCUT2D eigenvalue weighted by atomic mass is 35.5. The molecule has 1 aliphatic rings. The summed E-state index contributed by atoms with van der Waals surface area (Å²) < 4.78 is 0. The Hall–Kier alpha value is -1.02. The molecule has 92 valence electrons. The van der Waals surface area contributed by atoms with E-state index in [1.165, 1.54) is 25.7 Å². The van der Waals surface area contributed by atoms with Gasteiger partial charge < -0.3 is 0 Å². The van der Waals surface area contributed by atoms with Gasteiger partial charge in [0.15, 0.2) is 0 Å². The molecule has 17 heavy (non-hydrogen) atoms. The van der Waals surface area contributed by atoms with E-state index in [-0.39, 0.29) is 0 Å². The maximum absolute atomic E-state index is 6.00. The average Bonchev–Trinajstić information content (AvgIpc) is 2.65. The first-order chi connectivity index (χ1) is 8.40. The van der Waals surface area contributed by atoms with Crippen molar-refractivity contribution in [1.29, 1.82) is 0 Å². The topological polar surface area (TPSA) is 15.6 Å². The van der Waals surface area contributed by atoms with E-state index >= 15 is 0 Å². The van der Waals surface area contributed by atoms with Crippen molar-refractivity contribution in [3.63, 3.8) is 0 Å². The van der Waals surface area contributed by atoms with E-state index < -0.39 is 0 Å². The number of halogens is 1. The van der Waals surface area contributed by atoms with Gasteiger partial charge in [-0.05, 0) is 18.4 Å². The van der Waals surface area contributed by atoms with Crippen LogP contribution in [0.1, 0.15) is 31.2 Å². The predicted molar refractivity (Wildman–Crippen MR) is 73.7 cm³/mol. The summed E-state index contributed by atoms with van der Waals surface area (Å²) in [4.78, 5) is 0. The van der Waals surface area contributed by atoms with Crippen LogP contribution in [0.15, 0.2) is 35.4 Å². The number of hydrazone groups is 1. The highest BCUT2D eigenvalue weighted by Gasteiger charge is 2.08. The van der Waals surface area contributed by atoms with E-state index in [9.17, 15) is 0 Å². The Morgan fingerprint density at radius 2 is 1.71 bits per heavy atom. The molecule has 0 amide bonds. The molecule has 0 aromatic heterocycles. The Labute approximate surface area is 108 Å². The summed E-state index contributed by atoms with van der Waals surface area (Å²) in [6, 6.07) is 10.2. The molecule has 0 spiro atoms. The highest BCUT2D eigenvalue weighted by Crippen LogP contribution is 2.12. The van der Waals surface area contributed by atoms with Crippen LogP contribution in [0, 0.1) is 0 Å². The molecule has 1 aromatic rings. The fourth-order valence-electron chi connectivity index (χ4n) is 2.12. The minimum atomic E-state index is 0.473. The number of hydrogen-bond donors (Lipinski definition) is 0. The lowest BCUT2D eigenvalue weighted by Crippen LogP contribution is -2.21. The van der Waals surface area contributed by atoms with Gasteiger partial charge in [0.1, 0.15) is 0 Å². The Kier molecular flexibility index (Phi) is 4.87. The number of nitrogens with zero attached hydrogens (tertiary/aromatic N) is 2. The van der Waals surface area contributed by atoms with Gasteiger partial charge in [0.2, 0.25) is 0 Å². The van der Waals surface area contributed by atoms with Gasteiger partial charge in [0, 0.05) is 13.1 Å². The number of rotatable bonds is 3. The molecule has 0 saturated carbocycles. The van der Waals surface area contributed by atoms with Crippen molar-refractivity contribution in [2.75, 3.05) is 19.0 Å². The molecular weight excluding hydrogens is 232 g/mol. The average molecular weight is 251 g/mol. The van der Waals surface area contributed by atoms with E-state index in [1.54, 1.807) is 0 Å². The standard InChI is InChI=1S/C14H19ClN2/c15-12-14(13-8-4-3-5-9-13)16-17-10-6-1-2-7-11-17/h3-5,8-9H,1-2,6-7,10-12H2. The predicted octanol–water partition coefficient (Wildman–Crippen LogP) is 3.51. The minimum Gasteiger partial charge on any atom is -0.297 e. The lowest BCUT2D eigenvalue weighted by atomic mass is 10.1. The van der Waals surface area contributed by atoms with E-state index in [1.807, 2.05) is 18.2 Å². The van der Waals surface area contributed by atoms with Crippen LogP contribution in [0.3, 0.4) is 0 Å². The normalized spacial score (nSPS) is 17.9. The zero-order valence-corrected chi connectivity index (χ0v) is 10.9. The lowest BCUT2D eigenvalue weighted by molar-refractivity contribution is 0.301. The van der Waals surface area contributed by atoms with Crippen LogP contribution in [0.5, 0.6) is 0 Å². The first-order valence-corrected chi connectivity index (χ1v) is 6.87. The molecule has 1 aliphatic heterocycles. The van der Waals surface area contributed by atoms with Gasteiger partial charge in [-0.15, -0.1) is 11.6 Å². The van der Waals surface area contributed by atoms with Gasteiger partial charge in [-0.2, -0.15) is 5.10 Å². The number of alkyl halides is 1. The second-order valence-corrected chi connectivity index (χ2v) is 4.68. The van der Waals surface area contributed by atoms with E-state index in [4.69, 9.17) is 16.7 Å². The van der Waals surface area contributed by atoms with Gasteiger partial charge in [0.05, 0.1) is 11.6 Å². The quantitative estimate of drug-likeness (QED) is 0.592. The molecule has 0 N–H and O–H groups in total. The second-order valence-electron chi connectivity index (χ2n) is 4.41. The van der Waals surface area contributed by atoms with Crippen LogP contribution < -0.4 is 0 Å². The molecule has 1 aromatic carbocycles. The molecule has 0 bridgehead atoms. The summed E-state index contributed by atoms with van der Waals surface area (Å²) in [6.45, 7) is 2.13. The summed E-state index contributed by atoms with van der Waals surface area (Å²) in [5.74, 6) is 0.473. The van der Waals surface area contributed by atoms with E-state index in [0.29, 0.717) is 5.88 Å². The molecule has 3 heteroatoms. The fraction of sp³-hybridized carbons (Fsp3) is 0.500. The number of hydrogen-bond acceptors (Lipinski definition) is 2. The third-order valence-electron chi connectivity index (χ3n) is 3.08. The SMILES string of the molecule is ClCC(=NN1CCCCCC1)c1ccccc1. The monoisotopic (exact) mass is 250 g/mol. The third kappa shape index (κ3) is 3.74. The van der Waals surface area contributed by atoms with Gasteiger partial charge in [-0.1, -0.05) is 43.2 Å². The first kappa shape index (κ1) is 12.4. The Bertz CT molecular complexity index is 354. The lowest BCUT2D eigenvalue weighted by Gasteiger charge is -2.18. The summed E-state index contributed by atoms with van der Waals surface area (Å²) in [5.41, 5.74) is 2.11. The molecule has 1 heterocycles. The van der Waals surface area contributed by atoms with E-state index in [2.05, 4.69) is 17.1 Å². The molecule has 2 rings (SSSR count). The van der Waals surface area contributed by atoms with Crippen molar-refractivity contribution in [3.05, 3.63) is 35.9 Å².